The van der Waals surface area contributed by atoms with Crippen LogP contribution in [0, 0.1) is 6.92 Å². The Morgan fingerprint density at radius 2 is 2.27 bits per heavy atom. The number of hydrogen-bond acceptors (Lipinski definition) is 3. The third-order valence-electron chi connectivity index (χ3n) is 3.13. The molecular weight excluding hydrogens is 188 g/mol. The Morgan fingerprint density at radius 3 is 2.87 bits per heavy atom. The summed E-state index contributed by atoms with van der Waals surface area (Å²) in [6.45, 7) is 3.58. The molecular formula is C12H18N2O. The van der Waals surface area contributed by atoms with E-state index < -0.39 is 5.60 Å². The number of aryl methyl sites for hydroxylation is 1. The van der Waals surface area contributed by atoms with Crippen molar-refractivity contribution in [2.75, 3.05) is 18.8 Å². The van der Waals surface area contributed by atoms with Crippen LogP contribution in [-0.2, 0) is 5.60 Å². The van der Waals surface area contributed by atoms with Gasteiger partial charge in [-0.3, -0.25) is 0 Å². The van der Waals surface area contributed by atoms with Crippen LogP contribution >= 0.6 is 0 Å². The number of benzene rings is 1. The Hall–Kier alpha value is -1.06. The largest absolute Gasteiger partial charge is 0.398 e. The summed E-state index contributed by atoms with van der Waals surface area (Å²) >= 11 is 0. The number of nitrogens with two attached hydrogens (primary N) is 1. The predicted octanol–water partition coefficient (Wildman–Crippen LogP) is 1.15. The molecule has 1 aliphatic heterocycles. The number of hydrogen-bond donors (Lipinski definition) is 3. The maximum atomic E-state index is 10.6. The SMILES string of the molecule is Cc1cccc(N)c1C1(O)CCCNC1. The van der Waals surface area contributed by atoms with Crippen LogP contribution in [0.4, 0.5) is 5.69 Å². The fourth-order valence-corrected chi connectivity index (χ4v) is 2.43. The molecule has 1 fully saturated rings. The Morgan fingerprint density at radius 1 is 1.47 bits per heavy atom. The third-order valence-corrected chi connectivity index (χ3v) is 3.13. The van der Waals surface area contributed by atoms with Crippen molar-refractivity contribution < 1.29 is 5.11 Å². The van der Waals surface area contributed by atoms with E-state index in [9.17, 15) is 5.11 Å². The first kappa shape index (κ1) is 10.5. The van der Waals surface area contributed by atoms with E-state index in [0.29, 0.717) is 12.2 Å². The Bertz CT molecular complexity index is 336. The first-order valence-corrected chi connectivity index (χ1v) is 5.42. The van der Waals surface area contributed by atoms with Crippen molar-refractivity contribution in [2.45, 2.75) is 25.4 Å². The molecule has 0 saturated carbocycles. The zero-order valence-electron chi connectivity index (χ0n) is 9.09. The van der Waals surface area contributed by atoms with Crippen molar-refractivity contribution in [3.63, 3.8) is 0 Å². The number of rotatable bonds is 1. The number of β-amino-alcohol motifs (C(OH)–C–C–N with tert-alkyl or cyclic N) is 1. The molecule has 0 amide bonds. The van der Waals surface area contributed by atoms with E-state index in [1.807, 2.05) is 25.1 Å². The molecule has 1 aromatic carbocycles. The number of aliphatic hydroxyl groups is 1. The monoisotopic (exact) mass is 206 g/mol. The van der Waals surface area contributed by atoms with Gasteiger partial charge < -0.3 is 16.2 Å². The molecule has 4 N–H and O–H groups in total. The van der Waals surface area contributed by atoms with Crippen LogP contribution in [0.2, 0.25) is 0 Å². The van der Waals surface area contributed by atoms with Gasteiger partial charge in [0.1, 0.15) is 5.60 Å². The molecule has 3 heteroatoms. The molecule has 0 aliphatic carbocycles. The summed E-state index contributed by atoms with van der Waals surface area (Å²) in [6, 6.07) is 5.78. The van der Waals surface area contributed by atoms with E-state index in [-0.39, 0.29) is 0 Å². The summed E-state index contributed by atoms with van der Waals surface area (Å²) in [4.78, 5) is 0. The second-order valence-electron chi connectivity index (χ2n) is 4.35. The Kier molecular flexibility index (Phi) is 2.67. The van der Waals surface area contributed by atoms with E-state index in [1.54, 1.807) is 0 Å². The van der Waals surface area contributed by atoms with Gasteiger partial charge in [-0.1, -0.05) is 12.1 Å². The standard InChI is InChI=1S/C12H18N2O/c1-9-4-2-5-10(13)11(9)12(15)6-3-7-14-8-12/h2,4-5,14-15H,3,6-8,13H2,1H3. The summed E-state index contributed by atoms with van der Waals surface area (Å²) in [7, 11) is 0. The molecule has 1 saturated heterocycles. The van der Waals surface area contributed by atoms with Gasteiger partial charge in [0.2, 0.25) is 0 Å². The minimum absolute atomic E-state index is 0.599. The molecule has 1 atom stereocenters. The Labute approximate surface area is 90.3 Å². The third kappa shape index (κ3) is 1.85. The highest BCUT2D eigenvalue weighted by Gasteiger charge is 2.33. The van der Waals surface area contributed by atoms with Crippen molar-refractivity contribution in [3.8, 4) is 0 Å². The minimum Gasteiger partial charge on any atom is -0.398 e. The lowest BCUT2D eigenvalue weighted by molar-refractivity contribution is 0.0125. The van der Waals surface area contributed by atoms with Crippen LogP contribution < -0.4 is 11.1 Å². The van der Waals surface area contributed by atoms with Crippen LogP contribution in [0.5, 0.6) is 0 Å². The number of anilines is 1. The van der Waals surface area contributed by atoms with Crippen LogP contribution in [0.25, 0.3) is 0 Å². The summed E-state index contributed by atoms with van der Waals surface area (Å²) < 4.78 is 0. The van der Waals surface area contributed by atoms with Gasteiger partial charge in [0, 0.05) is 17.8 Å². The molecule has 0 aromatic heterocycles. The molecule has 3 nitrogen and oxygen atoms in total. The molecule has 1 heterocycles. The molecule has 0 radical (unpaired) electrons. The lowest BCUT2D eigenvalue weighted by atomic mass is 9.83. The zero-order valence-corrected chi connectivity index (χ0v) is 9.09. The average Bonchev–Trinajstić information content (AvgIpc) is 2.18. The molecule has 15 heavy (non-hydrogen) atoms. The molecule has 0 spiro atoms. The second kappa shape index (κ2) is 3.83. The molecule has 1 unspecified atom stereocenters. The first-order valence-electron chi connectivity index (χ1n) is 5.42. The minimum atomic E-state index is -0.784. The van der Waals surface area contributed by atoms with Crippen LogP contribution in [-0.4, -0.2) is 18.2 Å². The van der Waals surface area contributed by atoms with Crippen molar-refractivity contribution in [1.29, 1.82) is 0 Å². The summed E-state index contributed by atoms with van der Waals surface area (Å²) in [6.07, 6.45) is 1.78. The fourth-order valence-electron chi connectivity index (χ4n) is 2.43. The zero-order chi connectivity index (χ0) is 10.9. The predicted molar refractivity (Wildman–Crippen MR) is 61.6 cm³/mol. The smallest absolute Gasteiger partial charge is 0.104 e. The van der Waals surface area contributed by atoms with Gasteiger partial charge in [0.05, 0.1) is 0 Å². The lowest BCUT2D eigenvalue weighted by Gasteiger charge is -2.35. The maximum absolute atomic E-state index is 10.6. The van der Waals surface area contributed by atoms with Gasteiger partial charge in [-0.25, -0.2) is 0 Å². The van der Waals surface area contributed by atoms with E-state index in [2.05, 4.69) is 5.32 Å². The van der Waals surface area contributed by atoms with Crippen molar-refractivity contribution in [2.24, 2.45) is 0 Å². The molecule has 1 aromatic rings. The summed E-state index contributed by atoms with van der Waals surface area (Å²) in [5.41, 5.74) is 7.83. The number of nitrogen functional groups attached to an aromatic ring is 1. The van der Waals surface area contributed by atoms with E-state index in [1.165, 1.54) is 0 Å². The quantitative estimate of drug-likeness (QED) is 0.604. The van der Waals surface area contributed by atoms with Crippen LogP contribution in [0.1, 0.15) is 24.0 Å². The average molecular weight is 206 g/mol. The molecule has 82 valence electrons. The summed E-state index contributed by atoms with van der Waals surface area (Å²) in [5.74, 6) is 0. The molecule has 2 rings (SSSR count). The van der Waals surface area contributed by atoms with Gasteiger partial charge in [-0.2, -0.15) is 0 Å². The topological polar surface area (TPSA) is 58.3 Å². The van der Waals surface area contributed by atoms with Crippen molar-refractivity contribution in [3.05, 3.63) is 29.3 Å². The first-order chi connectivity index (χ1) is 7.13. The summed E-state index contributed by atoms with van der Waals surface area (Å²) in [5, 5.41) is 13.8. The number of nitrogens with one attached hydrogen (secondary N) is 1. The van der Waals surface area contributed by atoms with Crippen molar-refractivity contribution in [1.82, 2.24) is 5.32 Å². The van der Waals surface area contributed by atoms with Gasteiger partial charge in [-0.05, 0) is 37.9 Å². The normalized spacial score (nSPS) is 26.5. The van der Waals surface area contributed by atoms with Gasteiger partial charge >= 0.3 is 0 Å². The van der Waals surface area contributed by atoms with E-state index >= 15 is 0 Å². The van der Waals surface area contributed by atoms with Crippen LogP contribution in [0.15, 0.2) is 18.2 Å². The van der Waals surface area contributed by atoms with Gasteiger partial charge in [-0.15, -0.1) is 0 Å². The van der Waals surface area contributed by atoms with Crippen molar-refractivity contribution >= 4 is 5.69 Å². The van der Waals surface area contributed by atoms with E-state index in [0.717, 1.165) is 30.5 Å². The van der Waals surface area contributed by atoms with E-state index in [4.69, 9.17) is 5.73 Å². The Balaban J connectivity index is 2.42. The molecule has 0 bridgehead atoms. The van der Waals surface area contributed by atoms with Gasteiger partial charge in [0.15, 0.2) is 0 Å². The van der Waals surface area contributed by atoms with Gasteiger partial charge in [0.25, 0.3) is 0 Å². The highest BCUT2D eigenvalue weighted by molar-refractivity contribution is 5.54. The highest BCUT2D eigenvalue weighted by Crippen LogP contribution is 2.34. The lowest BCUT2D eigenvalue weighted by Crippen LogP contribution is -2.44. The molecule has 1 aliphatic rings. The second-order valence-corrected chi connectivity index (χ2v) is 4.35. The maximum Gasteiger partial charge on any atom is 0.104 e. The fraction of sp³-hybridized carbons (Fsp3) is 0.500. The highest BCUT2D eigenvalue weighted by atomic mass is 16.3. The van der Waals surface area contributed by atoms with Crippen LogP contribution in [0.3, 0.4) is 0 Å². The number of piperidine rings is 1.